The standard InChI is InChI=1S/C49H81N13O16S2/c1-25(2)38(49(77)78)61-44(72)31(20-27-12-6-5-7-13-27)56-42(70)30(16-19-80-4)55-46(74)34(23-63)59-47(75)35(24-79)60-48(76)39(26(3)64)62-45(73)32(21-36(53)65)57-43(71)33(22-37(66)67)58-41(69)29(15-9-11-18-51)54-40(68)28(52)14-8-10-17-50/h5-7,12-13,25-26,28-35,38-39,63-64,79H,8-11,14-24,50-52H2,1-4H3,(H2,53,65)(H,54,68)(H,55,74)(H,56,70)(H,57,71)(H,58,69)(H,59,75)(H,60,76)(H,61,72)(H,62,73)(H,66,67)(H,77,78)/t26-,28+,29+,30+,31+,32+,33+,34+,35+,38+,39+/m1/s1. The lowest BCUT2D eigenvalue weighted by Gasteiger charge is -2.28. The van der Waals surface area contributed by atoms with Crippen molar-refractivity contribution in [2.24, 2.45) is 28.9 Å². The predicted molar refractivity (Wildman–Crippen MR) is 295 cm³/mol. The van der Waals surface area contributed by atoms with Crippen molar-refractivity contribution in [1.82, 2.24) is 47.9 Å². The van der Waals surface area contributed by atoms with Crippen LogP contribution in [0.5, 0.6) is 0 Å². The zero-order chi connectivity index (χ0) is 60.6. The van der Waals surface area contributed by atoms with Crippen LogP contribution in [0.4, 0.5) is 0 Å². The second-order valence-corrected chi connectivity index (χ2v) is 20.4. The van der Waals surface area contributed by atoms with Crippen molar-refractivity contribution in [3.8, 4) is 0 Å². The first kappa shape index (κ1) is 71.4. The van der Waals surface area contributed by atoms with Gasteiger partial charge in [0.2, 0.25) is 59.1 Å². The first-order chi connectivity index (χ1) is 37.7. The highest BCUT2D eigenvalue weighted by molar-refractivity contribution is 7.98. The van der Waals surface area contributed by atoms with E-state index < -0.39 is 169 Å². The van der Waals surface area contributed by atoms with Crippen molar-refractivity contribution in [1.29, 1.82) is 0 Å². The lowest BCUT2D eigenvalue weighted by molar-refractivity contribution is -0.143. The molecule has 0 heterocycles. The summed E-state index contributed by atoms with van der Waals surface area (Å²) in [6, 6.07) is -7.24. The summed E-state index contributed by atoms with van der Waals surface area (Å²) in [7, 11) is 0. The normalized spacial score (nSPS) is 15.2. The van der Waals surface area contributed by atoms with E-state index in [0.29, 0.717) is 37.8 Å². The van der Waals surface area contributed by atoms with Crippen molar-refractivity contribution in [2.45, 2.75) is 152 Å². The van der Waals surface area contributed by atoms with Gasteiger partial charge in [0.05, 0.1) is 31.6 Å². The lowest BCUT2D eigenvalue weighted by Crippen LogP contribution is -2.63. The van der Waals surface area contributed by atoms with Crippen molar-refractivity contribution >= 4 is 95.4 Å². The minimum atomic E-state index is -1.98. The summed E-state index contributed by atoms with van der Waals surface area (Å²) >= 11 is 5.41. The predicted octanol–water partition coefficient (Wildman–Crippen LogP) is -5.68. The summed E-state index contributed by atoms with van der Waals surface area (Å²) in [5.74, 6) is -14.4. The fraction of sp³-hybridized carbons (Fsp3) is 0.633. The first-order valence-corrected chi connectivity index (χ1v) is 27.8. The molecule has 0 aliphatic heterocycles. The molecular weight excluding hydrogens is 1090 g/mol. The number of thioether (sulfide) groups is 1. The molecule has 0 spiro atoms. The van der Waals surface area contributed by atoms with Crippen LogP contribution in [0.25, 0.3) is 0 Å². The second kappa shape index (κ2) is 38.1. The van der Waals surface area contributed by atoms with Gasteiger partial charge in [0.25, 0.3) is 0 Å². The number of carbonyl (C=O) groups is 12. The van der Waals surface area contributed by atoms with Crippen LogP contribution in [-0.2, 0) is 64.0 Å². The number of aliphatic hydroxyl groups excluding tert-OH is 2. The Morgan fingerprint density at radius 1 is 0.550 bits per heavy atom. The Bertz CT molecular complexity index is 2230. The van der Waals surface area contributed by atoms with E-state index in [2.05, 4.69) is 60.5 Å². The molecular formula is C49H81N13O16S2. The number of aliphatic carboxylic acids is 2. The van der Waals surface area contributed by atoms with Gasteiger partial charge in [-0.3, -0.25) is 52.7 Å². The fourth-order valence-electron chi connectivity index (χ4n) is 7.48. The zero-order valence-corrected chi connectivity index (χ0v) is 47.0. The molecule has 0 saturated carbocycles. The van der Waals surface area contributed by atoms with Gasteiger partial charge in [-0.1, -0.05) is 50.6 Å². The monoisotopic (exact) mass is 1170 g/mol. The zero-order valence-electron chi connectivity index (χ0n) is 45.3. The Hall–Kier alpha value is -6.64. The molecule has 0 fully saturated rings. The SMILES string of the molecule is CSCC[C@H](NC(=O)[C@H](CO)NC(=O)[C@H](CS)NC(=O)[C@@H](NC(=O)[C@H](CC(N)=O)NC(=O)[C@H](CC(=O)O)NC(=O)[C@H](CCCCN)NC(=O)[C@@H](N)CCCCN)[C@@H](C)O)C(=O)N[C@@H](Cc1ccccc1)C(=O)N[C@H](C(=O)O)C(C)C. The highest BCUT2D eigenvalue weighted by atomic mass is 32.2. The molecule has 450 valence electrons. The molecule has 21 N–H and O–H groups in total. The summed E-state index contributed by atoms with van der Waals surface area (Å²) in [6.45, 7) is 3.74. The molecule has 10 amide bonds. The summed E-state index contributed by atoms with van der Waals surface area (Å²) in [5.41, 5.74) is 23.1. The van der Waals surface area contributed by atoms with Gasteiger partial charge < -0.3 is 91.2 Å². The third-order valence-corrected chi connectivity index (χ3v) is 13.0. The second-order valence-electron chi connectivity index (χ2n) is 19.0. The Morgan fingerprint density at radius 3 is 1.49 bits per heavy atom. The number of thiol groups is 1. The van der Waals surface area contributed by atoms with Gasteiger partial charge in [-0.05, 0) is 82.0 Å². The van der Waals surface area contributed by atoms with Gasteiger partial charge in [-0.25, -0.2) is 4.79 Å². The largest absolute Gasteiger partial charge is 0.481 e. The highest BCUT2D eigenvalue weighted by Crippen LogP contribution is 2.11. The van der Waals surface area contributed by atoms with E-state index in [4.69, 9.17) is 22.9 Å². The number of primary amides is 1. The van der Waals surface area contributed by atoms with E-state index >= 15 is 0 Å². The molecule has 0 bridgehead atoms. The molecule has 1 rings (SSSR count). The Morgan fingerprint density at radius 2 is 0.988 bits per heavy atom. The van der Waals surface area contributed by atoms with Gasteiger partial charge >= 0.3 is 11.9 Å². The van der Waals surface area contributed by atoms with E-state index in [1.165, 1.54) is 11.8 Å². The third kappa shape index (κ3) is 26.5. The molecule has 1 aromatic carbocycles. The van der Waals surface area contributed by atoms with Crippen LogP contribution in [0.3, 0.4) is 0 Å². The number of hydrogen-bond acceptors (Lipinski definition) is 19. The fourth-order valence-corrected chi connectivity index (χ4v) is 8.20. The Balaban J connectivity index is 3.31. The van der Waals surface area contributed by atoms with Gasteiger partial charge in [0.15, 0.2) is 0 Å². The lowest BCUT2D eigenvalue weighted by atomic mass is 10.0. The number of rotatable bonds is 40. The van der Waals surface area contributed by atoms with Crippen LogP contribution >= 0.6 is 24.4 Å². The van der Waals surface area contributed by atoms with Gasteiger partial charge in [0.1, 0.15) is 54.4 Å². The van der Waals surface area contributed by atoms with E-state index in [1.54, 1.807) is 50.4 Å². The number of benzene rings is 1. The number of hydrogen-bond donors (Lipinski definition) is 18. The number of nitrogens with two attached hydrogens (primary N) is 4. The van der Waals surface area contributed by atoms with Crippen LogP contribution in [0.15, 0.2) is 30.3 Å². The van der Waals surface area contributed by atoms with Gasteiger partial charge in [0, 0.05) is 12.2 Å². The highest BCUT2D eigenvalue weighted by Gasteiger charge is 2.37. The summed E-state index contributed by atoms with van der Waals surface area (Å²) in [4.78, 5) is 158. The minimum Gasteiger partial charge on any atom is -0.481 e. The molecule has 0 saturated heterocycles. The van der Waals surface area contributed by atoms with Crippen LogP contribution in [0.1, 0.15) is 84.1 Å². The van der Waals surface area contributed by atoms with E-state index in [9.17, 15) is 78.0 Å². The van der Waals surface area contributed by atoms with Gasteiger partial charge in [-0.15, -0.1) is 0 Å². The molecule has 1 aromatic rings. The van der Waals surface area contributed by atoms with Crippen LogP contribution < -0.4 is 70.8 Å². The van der Waals surface area contributed by atoms with Gasteiger partial charge in [-0.2, -0.15) is 24.4 Å². The number of carboxylic acid groups (broad SMARTS) is 2. The van der Waals surface area contributed by atoms with Crippen LogP contribution in [-0.4, -0.2) is 195 Å². The molecule has 0 aliphatic carbocycles. The maximum absolute atomic E-state index is 13.8. The Labute approximate surface area is 473 Å². The van der Waals surface area contributed by atoms with E-state index in [1.807, 2.05) is 0 Å². The molecule has 80 heavy (non-hydrogen) atoms. The molecule has 0 unspecified atom stereocenters. The summed E-state index contributed by atoms with van der Waals surface area (Å²) in [5, 5.41) is 61.2. The van der Waals surface area contributed by atoms with Crippen molar-refractivity contribution < 1.29 is 78.0 Å². The number of carboxylic acids is 2. The maximum atomic E-state index is 13.8. The third-order valence-electron chi connectivity index (χ3n) is 12.0. The molecule has 0 aromatic heterocycles. The average Bonchev–Trinajstić information content (AvgIpc) is 3.39. The number of unbranched alkanes of at least 4 members (excludes halogenated alkanes) is 2. The number of carbonyl (C=O) groups excluding carboxylic acids is 10. The summed E-state index contributed by atoms with van der Waals surface area (Å²) < 4.78 is 0. The maximum Gasteiger partial charge on any atom is 0.326 e. The Kier molecular flexibility index (Phi) is 34.0. The average molecular weight is 1170 g/mol. The van der Waals surface area contributed by atoms with Crippen molar-refractivity contribution in [2.75, 3.05) is 37.5 Å². The van der Waals surface area contributed by atoms with E-state index in [0.717, 1.165) is 6.92 Å². The number of aliphatic hydroxyl groups is 2. The smallest absolute Gasteiger partial charge is 0.326 e. The first-order valence-electron chi connectivity index (χ1n) is 25.8. The molecule has 0 radical (unpaired) electrons. The number of amides is 10. The van der Waals surface area contributed by atoms with Crippen LogP contribution in [0.2, 0.25) is 0 Å². The molecule has 11 atom stereocenters. The topological polar surface area (TPSA) is 498 Å². The molecule has 29 nitrogen and oxygen atoms in total. The van der Waals surface area contributed by atoms with Crippen molar-refractivity contribution in [3.05, 3.63) is 35.9 Å². The van der Waals surface area contributed by atoms with E-state index in [-0.39, 0.29) is 38.0 Å². The molecule has 31 heteroatoms. The quantitative estimate of drug-likeness (QED) is 0.0215. The van der Waals surface area contributed by atoms with Crippen LogP contribution in [0, 0.1) is 5.92 Å². The number of nitrogens with one attached hydrogen (secondary N) is 9. The summed E-state index contributed by atoms with van der Waals surface area (Å²) in [6.07, 6.45) is -0.156. The van der Waals surface area contributed by atoms with Crippen molar-refractivity contribution in [3.63, 3.8) is 0 Å². The molecule has 0 aliphatic rings. The minimum absolute atomic E-state index is 0.00680.